The number of nitrogens with one attached hydrogen (secondary N) is 1. The zero-order valence-corrected chi connectivity index (χ0v) is 12.1. The maximum atomic E-state index is 12.4. The number of hydrogen-bond donors (Lipinski definition) is 1. The molecule has 1 N–H and O–H groups in total. The molecular formula is C11H15F3N4OS. The highest BCUT2D eigenvalue weighted by Gasteiger charge is 2.38. The van der Waals surface area contributed by atoms with Crippen LogP contribution in [0.15, 0.2) is 0 Å². The number of hydrogen-bond acceptors (Lipinski definition) is 5. The molecule has 1 unspecified atom stereocenters. The van der Waals surface area contributed by atoms with Gasteiger partial charge in [-0.1, -0.05) is 11.3 Å². The lowest BCUT2D eigenvalue weighted by Crippen LogP contribution is -2.43. The van der Waals surface area contributed by atoms with E-state index >= 15 is 0 Å². The second kappa shape index (κ2) is 4.87. The largest absolute Gasteiger partial charge is 0.445 e. The first-order chi connectivity index (χ1) is 9.07. The molecule has 1 amide bonds. The fourth-order valence-electron chi connectivity index (χ4n) is 2.02. The number of alkyl halides is 3. The first kappa shape index (κ1) is 15.0. The van der Waals surface area contributed by atoms with Crippen LogP contribution in [0.4, 0.5) is 18.3 Å². The van der Waals surface area contributed by atoms with Gasteiger partial charge in [0.05, 0.1) is 6.04 Å². The number of likely N-dealkylation sites (tertiary alicyclic amines) is 1. The van der Waals surface area contributed by atoms with E-state index in [0.717, 1.165) is 0 Å². The second-order valence-corrected chi connectivity index (χ2v) is 6.61. The van der Waals surface area contributed by atoms with Crippen LogP contribution in [0.2, 0.25) is 0 Å². The van der Waals surface area contributed by atoms with E-state index in [0.29, 0.717) is 17.9 Å². The van der Waals surface area contributed by atoms with Crippen LogP contribution in [0.1, 0.15) is 32.2 Å². The Morgan fingerprint density at radius 3 is 2.40 bits per heavy atom. The van der Waals surface area contributed by atoms with Crippen molar-refractivity contribution >= 4 is 22.4 Å². The molecule has 5 nitrogen and oxygen atoms in total. The van der Waals surface area contributed by atoms with Gasteiger partial charge in [0, 0.05) is 18.5 Å². The Kier molecular flexibility index (Phi) is 3.66. The molecule has 0 saturated carbocycles. The van der Waals surface area contributed by atoms with Crippen LogP contribution in [0.5, 0.6) is 0 Å². The van der Waals surface area contributed by atoms with E-state index in [1.807, 2.05) is 20.8 Å². The highest BCUT2D eigenvalue weighted by atomic mass is 32.1. The summed E-state index contributed by atoms with van der Waals surface area (Å²) in [5, 5.41) is 8.51. The maximum absolute atomic E-state index is 12.4. The number of carbonyl (C=O) groups excluding carboxylic acids is 1. The third-order valence-electron chi connectivity index (χ3n) is 2.93. The molecule has 0 radical (unpaired) electrons. The predicted molar refractivity (Wildman–Crippen MR) is 68.4 cm³/mol. The molecule has 9 heteroatoms. The quantitative estimate of drug-likeness (QED) is 0.911. The van der Waals surface area contributed by atoms with E-state index in [9.17, 15) is 18.0 Å². The SMILES string of the molecule is CC(C)(C)N1CC(Nc2nnc(C(F)(F)F)s2)CC1=O. The topological polar surface area (TPSA) is 58.1 Å². The Bertz CT molecular complexity index is 509. The van der Waals surface area contributed by atoms with E-state index in [4.69, 9.17) is 0 Å². The molecule has 112 valence electrons. The summed E-state index contributed by atoms with van der Waals surface area (Å²) in [6.07, 6.45) is -4.24. The van der Waals surface area contributed by atoms with Crippen molar-refractivity contribution in [1.29, 1.82) is 0 Å². The van der Waals surface area contributed by atoms with Crippen LogP contribution in [0, 0.1) is 0 Å². The number of anilines is 1. The second-order valence-electron chi connectivity index (χ2n) is 5.63. The zero-order chi connectivity index (χ0) is 15.1. The van der Waals surface area contributed by atoms with Crippen molar-refractivity contribution in [2.45, 2.75) is 44.9 Å². The average Bonchev–Trinajstić information content (AvgIpc) is 2.84. The van der Waals surface area contributed by atoms with Gasteiger partial charge in [0.2, 0.25) is 16.0 Å². The van der Waals surface area contributed by atoms with E-state index < -0.39 is 11.2 Å². The van der Waals surface area contributed by atoms with Gasteiger partial charge < -0.3 is 10.2 Å². The number of amides is 1. The summed E-state index contributed by atoms with van der Waals surface area (Å²) in [5.41, 5.74) is -0.300. The molecule has 0 aliphatic carbocycles. The van der Waals surface area contributed by atoms with Crippen molar-refractivity contribution in [3.8, 4) is 0 Å². The first-order valence-corrected chi connectivity index (χ1v) is 6.87. The maximum Gasteiger partial charge on any atom is 0.445 e. The van der Waals surface area contributed by atoms with Gasteiger partial charge in [0.15, 0.2) is 0 Å². The summed E-state index contributed by atoms with van der Waals surface area (Å²) < 4.78 is 37.2. The summed E-state index contributed by atoms with van der Waals surface area (Å²) in [6, 6.07) is -0.240. The number of rotatable bonds is 2. The number of nitrogens with zero attached hydrogens (tertiary/aromatic N) is 3. The van der Waals surface area contributed by atoms with Crippen molar-refractivity contribution < 1.29 is 18.0 Å². The standard InChI is InChI=1S/C11H15F3N4OS/c1-10(2,3)18-5-6(4-7(18)19)15-9-17-16-8(20-9)11(12,13)14/h6H,4-5H2,1-3H3,(H,15,17). The normalized spacial score (nSPS) is 20.6. The molecule has 0 aromatic carbocycles. The summed E-state index contributed by atoms with van der Waals surface area (Å²) in [6.45, 7) is 6.20. The Hall–Kier alpha value is -1.38. The van der Waals surface area contributed by atoms with Gasteiger partial charge in [0.1, 0.15) is 0 Å². The summed E-state index contributed by atoms with van der Waals surface area (Å²) in [4.78, 5) is 13.6. The molecule has 0 spiro atoms. The molecule has 0 bridgehead atoms. The van der Waals surface area contributed by atoms with Gasteiger partial charge in [-0.05, 0) is 20.8 Å². The fraction of sp³-hybridized carbons (Fsp3) is 0.727. The lowest BCUT2D eigenvalue weighted by Gasteiger charge is -2.32. The fourth-order valence-corrected chi connectivity index (χ4v) is 2.71. The Balaban J connectivity index is 2.02. The minimum absolute atomic E-state index is 0.0180. The van der Waals surface area contributed by atoms with Crippen LogP contribution < -0.4 is 5.32 Å². The highest BCUT2D eigenvalue weighted by molar-refractivity contribution is 7.15. The first-order valence-electron chi connectivity index (χ1n) is 6.05. The molecule has 1 aliphatic rings. The Labute approximate surface area is 118 Å². The minimum atomic E-state index is -4.49. The molecule has 1 fully saturated rings. The molecule has 2 heterocycles. The molecule has 1 saturated heterocycles. The van der Waals surface area contributed by atoms with Gasteiger partial charge in [-0.15, -0.1) is 10.2 Å². The smallest absolute Gasteiger partial charge is 0.355 e. The molecule has 1 atom stereocenters. The molecule has 20 heavy (non-hydrogen) atoms. The average molecular weight is 308 g/mol. The van der Waals surface area contributed by atoms with Gasteiger partial charge in [-0.3, -0.25) is 4.79 Å². The summed E-state index contributed by atoms with van der Waals surface area (Å²) >= 11 is 0.448. The van der Waals surface area contributed by atoms with E-state index in [-0.39, 0.29) is 29.0 Å². The monoisotopic (exact) mass is 308 g/mol. The van der Waals surface area contributed by atoms with Gasteiger partial charge in [-0.25, -0.2) is 0 Å². The van der Waals surface area contributed by atoms with Crippen LogP contribution in [-0.4, -0.2) is 39.1 Å². The van der Waals surface area contributed by atoms with E-state index in [1.54, 1.807) is 4.90 Å². The number of carbonyl (C=O) groups is 1. The van der Waals surface area contributed by atoms with Crippen LogP contribution in [0.3, 0.4) is 0 Å². The molecule has 1 aromatic rings. The van der Waals surface area contributed by atoms with E-state index in [1.165, 1.54) is 0 Å². The third kappa shape index (κ3) is 3.20. The molecular weight excluding hydrogens is 293 g/mol. The van der Waals surface area contributed by atoms with Crippen molar-refractivity contribution in [1.82, 2.24) is 15.1 Å². The molecule has 2 rings (SSSR count). The number of aromatic nitrogens is 2. The highest BCUT2D eigenvalue weighted by Crippen LogP contribution is 2.33. The van der Waals surface area contributed by atoms with Crippen LogP contribution in [-0.2, 0) is 11.0 Å². The lowest BCUT2D eigenvalue weighted by molar-refractivity contribution is -0.138. The van der Waals surface area contributed by atoms with Gasteiger partial charge >= 0.3 is 6.18 Å². The molecule has 1 aliphatic heterocycles. The van der Waals surface area contributed by atoms with Gasteiger partial charge in [0.25, 0.3) is 0 Å². The van der Waals surface area contributed by atoms with Crippen LogP contribution >= 0.6 is 11.3 Å². The number of halogens is 3. The zero-order valence-electron chi connectivity index (χ0n) is 11.3. The molecule has 1 aromatic heterocycles. The van der Waals surface area contributed by atoms with Gasteiger partial charge in [-0.2, -0.15) is 13.2 Å². The Morgan fingerprint density at radius 1 is 1.30 bits per heavy atom. The summed E-state index contributed by atoms with van der Waals surface area (Å²) in [5.74, 6) is -0.0180. The summed E-state index contributed by atoms with van der Waals surface area (Å²) in [7, 11) is 0. The van der Waals surface area contributed by atoms with Crippen molar-refractivity contribution in [2.24, 2.45) is 0 Å². The van der Waals surface area contributed by atoms with Crippen LogP contribution in [0.25, 0.3) is 0 Å². The third-order valence-corrected chi connectivity index (χ3v) is 3.83. The van der Waals surface area contributed by atoms with Crippen molar-refractivity contribution in [2.75, 3.05) is 11.9 Å². The Morgan fingerprint density at radius 2 is 1.95 bits per heavy atom. The van der Waals surface area contributed by atoms with E-state index in [2.05, 4.69) is 15.5 Å². The van der Waals surface area contributed by atoms with Crippen molar-refractivity contribution in [3.63, 3.8) is 0 Å². The van der Waals surface area contributed by atoms with Crippen molar-refractivity contribution in [3.05, 3.63) is 5.01 Å². The lowest BCUT2D eigenvalue weighted by atomic mass is 10.1. The minimum Gasteiger partial charge on any atom is -0.355 e. The predicted octanol–water partition coefficient (Wildman–Crippen LogP) is 2.37.